The molecule has 318 valence electrons. The molecule has 0 saturated heterocycles. The van der Waals surface area contributed by atoms with Gasteiger partial charge in [0.2, 0.25) is 0 Å². The van der Waals surface area contributed by atoms with E-state index in [1.807, 2.05) is 0 Å². The highest BCUT2D eigenvalue weighted by Crippen LogP contribution is 2.50. The molecule has 0 atom stereocenters. The van der Waals surface area contributed by atoms with Gasteiger partial charge in [0.25, 0.3) is 0 Å². The molecule has 0 aliphatic heterocycles. The molecule has 0 nitrogen and oxygen atoms in total. The highest BCUT2D eigenvalue weighted by molar-refractivity contribution is 6.91. The molecule has 0 fully saturated rings. The second-order valence-electron chi connectivity index (χ2n) is 22.6. The minimum atomic E-state index is -1.63. The van der Waals surface area contributed by atoms with Crippen LogP contribution in [-0.2, 0) is 0 Å². The topological polar surface area (TPSA) is 0 Å². The molecule has 0 amide bonds. The average Bonchev–Trinajstić information content (AvgIpc) is 3.26. The molecule has 0 saturated carbocycles. The smallest absolute Gasteiger partial charge is 0.0656 e. The molecule has 0 N–H and O–H groups in total. The van der Waals surface area contributed by atoms with Crippen molar-refractivity contribution in [2.24, 2.45) is 0 Å². The van der Waals surface area contributed by atoms with Crippen LogP contribution in [0.25, 0.3) is 98.4 Å². The van der Waals surface area contributed by atoms with Gasteiger partial charge in [-0.15, -0.1) is 0 Å². The Labute approximate surface area is 385 Å². The van der Waals surface area contributed by atoms with E-state index in [-0.39, 0.29) is 0 Å². The summed E-state index contributed by atoms with van der Waals surface area (Å²) in [7, 11) is -6.25. The molecule has 0 aliphatic carbocycles. The molecule has 0 unspecified atom stereocenters. The maximum absolute atomic E-state index is 2.53. The van der Waals surface area contributed by atoms with Crippen molar-refractivity contribution in [1.29, 1.82) is 0 Å². The third-order valence-electron chi connectivity index (χ3n) is 14.1. The van der Waals surface area contributed by atoms with Gasteiger partial charge in [-0.05, 0) is 111 Å². The Hall–Kier alpha value is -5.37. The Morgan fingerprint density at radius 2 is 0.547 bits per heavy atom. The number of rotatable bonds is 8. The van der Waals surface area contributed by atoms with Gasteiger partial charge in [-0.25, -0.2) is 0 Å². The van der Waals surface area contributed by atoms with Crippen LogP contribution in [0.2, 0.25) is 78.6 Å². The normalized spacial score (nSPS) is 13.0. The summed E-state index contributed by atoms with van der Waals surface area (Å²) in [6.07, 6.45) is 0. The summed E-state index contributed by atoms with van der Waals surface area (Å²) in [5.74, 6) is 0. The minimum absolute atomic E-state index is 1.28. The number of hydrogen-bond acceptors (Lipinski definition) is 0. The van der Waals surface area contributed by atoms with Crippen LogP contribution < -0.4 is 20.7 Å². The summed E-state index contributed by atoms with van der Waals surface area (Å²) in [5, 5.41) is 19.5. The molecule has 10 rings (SSSR count). The molecular formula is C60H62Si4. The molecular weight excluding hydrogens is 833 g/mol. The quantitative estimate of drug-likeness (QED) is 0.105. The summed E-state index contributed by atoms with van der Waals surface area (Å²) in [6.45, 7) is 29.5. The molecule has 10 aromatic rings. The van der Waals surface area contributed by atoms with Crippen molar-refractivity contribution in [3.8, 4) is 44.5 Å². The highest BCUT2D eigenvalue weighted by Gasteiger charge is 2.27. The first-order valence-corrected chi connectivity index (χ1v) is 37.3. The summed E-state index contributed by atoms with van der Waals surface area (Å²) in [6, 6.07) is 62.3. The zero-order valence-electron chi connectivity index (χ0n) is 40.0. The molecule has 0 aromatic heterocycles. The fourth-order valence-electron chi connectivity index (χ4n) is 10.6. The lowest BCUT2D eigenvalue weighted by atomic mass is 9.81. The Bertz CT molecular complexity index is 3210. The van der Waals surface area contributed by atoms with Crippen molar-refractivity contribution >= 4 is 107 Å². The van der Waals surface area contributed by atoms with Crippen molar-refractivity contribution in [3.05, 3.63) is 158 Å². The molecule has 64 heavy (non-hydrogen) atoms. The van der Waals surface area contributed by atoms with Crippen LogP contribution in [-0.4, -0.2) is 32.3 Å². The first kappa shape index (κ1) is 42.6. The lowest BCUT2D eigenvalue weighted by Gasteiger charge is -2.25. The van der Waals surface area contributed by atoms with Gasteiger partial charge in [-0.1, -0.05) is 245 Å². The summed E-state index contributed by atoms with van der Waals surface area (Å²) in [5.41, 5.74) is 10.4. The zero-order chi connectivity index (χ0) is 45.1. The van der Waals surface area contributed by atoms with Crippen molar-refractivity contribution in [2.75, 3.05) is 0 Å². The van der Waals surface area contributed by atoms with Crippen molar-refractivity contribution in [3.63, 3.8) is 0 Å². The van der Waals surface area contributed by atoms with Crippen molar-refractivity contribution < 1.29 is 0 Å². The zero-order valence-corrected chi connectivity index (χ0v) is 44.0. The molecule has 0 radical (unpaired) electrons. The van der Waals surface area contributed by atoms with E-state index < -0.39 is 32.3 Å². The van der Waals surface area contributed by atoms with Gasteiger partial charge in [-0.2, -0.15) is 0 Å². The van der Waals surface area contributed by atoms with Gasteiger partial charge in [-0.3, -0.25) is 0 Å². The molecule has 0 spiro atoms. The standard InChI is InChI=1S/C60H62Si4/c1-61(2,3)41-25-21-39(22-26-41)53-37-55(45-33-35-57(63(7,8)9)47-19-15-13-17-43(45)47)51-32-30-50-54(40-23-27-42(28-24-40)62(4,5)6)38-56(52-31-29-49(53)59(51)60(50)52)46-34-36-58(64(10,11)12)48-20-16-14-18-44(46)48/h13-38H,1-12H3. The minimum Gasteiger partial charge on any atom is -0.0656 e. The van der Waals surface area contributed by atoms with Crippen LogP contribution in [0.1, 0.15) is 0 Å². The fraction of sp³-hybridized carbons (Fsp3) is 0.200. The average molecular weight is 895 g/mol. The third kappa shape index (κ3) is 7.14. The summed E-state index contributed by atoms with van der Waals surface area (Å²) < 4.78 is 0. The molecule has 4 heteroatoms. The van der Waals surface area contributed by atoms with Crippen LogP contribution >= 0.6 is 0 Å². The van der Waals surface area contributed by atoms with Crippen LogP contribution in [0.4, 0.5) is 0 Å². The lowest BCUT2D eigenvalue weighted by molar-refractivity contribution is 1.63. The van der Waals surface area contributed by atoms with Crippen molar-refractivity contribution in [1.82, 2.24) is 0 Å². The second kappa shape index (κ2) is 15.1. The largest absolute Gasteiger partial charge is 0.0784 e. The van der Waals surface area contributed by atoms with E-state index in [0.717, 1.165) is 0 Å². The van der Waals surface area contributed by atoms with Gasteiger partial charge < -0.3 is 0 Å². The Balaban J connectivity index is 1.37. The van der Waals surface area contributed by atoms with Crippen LogP contribution in [0.15, 0.2) is 158 Å². The Morgan fingerprint density at radius 3 is 0.859 bits per heavy atom. The third-order valence-corrected chi connectivity index (χ3v) is 22.3. The van der Waals surface area contributed by atoms with E-state index in [0.29, 0.717) is 0 Å². The van der Waals surface area contributed by atoms with E-state index in [9.17, 15) is 0 Å². The van der Waals surface area contributed by atoms with E-state index in [2.05, 4.69) is 236 Å². The van der Waals surface area contributed by atoms with Gasteiger partial charge in [0.1, 0.15) is 0 Å². The van der Waals surface area contributed by atoms with Crippen molar-refractivity contribution in [2.45, 2.75) is 78.6 Å². The summed E-state index contributed by atoms with van der Waals surface area (Å²) in [4.78, 5) is 0. The number of benzene rings is 10. The first-order valence-electron chi connectivity index (χ1n) is 23.3. The van der Waals surface area contributed by atoms with E-state index in [1.54, 1.807) is 0 Å². The maximum Gasteiger partial charge on any atom is 0.0784 e. The molecule has 10 aromatic carbocycles. The monoisotopic (exact) mass is 894 g/mol. The molecule has 0 bridgehead atoms. The van der Waals surface area contributed by atoms with Gasteiger partial charge >= 0.3 is 0 Å². The second-order valence-corrected chi connectivity index (χ2v) is 42.8. The van der Waals surface area contributed by atoms with Crippen LogP contribution in [0.3, 0.4) is 0 Å². The highest BCUT2D eigenvalue weighted by atomic mass is 28.3. The van der Waals surface area contributed by atoms with Gasteiger partial charge in [0.05, 0.1) is 32.3 Å². The first-order chi connectivity index (χ1) is 30.3. The SMILES string of the molecule is C[Si](C)(C)c1ccc(-c2cc(-c3ccc([Si](C)(C)C)c4ccccc34)c3ccc4c(-c5ccc([Si](C)(C)C)cc5)cc(-c5ccc([Si](C)(C)C)c6ccccc56)c5ccc2c3c45)cc1. The van der Waals surface area contributed by atoms with E-state index in [1.165, 1.54) is 119 Å². The van der Waals surface area contributed by atoms with Gasteiger partial charge in [0.15, 0.2) is 0 Å². The van der Waals surface area contributed by atoms with Crippen LogP contribution in [0.5, 0.6) is 0 Å². The predicted octanol–water partition coefficient (Wildman–Crippen LogP) is 15.7. The van der Waals surface area contributed by atoms with Crippen LogP contribution in [0, 0.1) is 0 Å². The Morgan fingerprint density at radius 1 is 0.234 bits per heavy atom. The predicted molar refractivity (Wildman–Crippen MR) is 299 cm³/mol. The molecule has 0 aliphatic rings. The maximum atomic E-state index is 2.53. The number of fused-ring (bicyclic) bond motifs is 2. The Kier molecular flexibility index (Phi) is 10.0. The summed E-state index contributed by atoms with van der Waals surface area (Å²) >= 11 is 0. The van der Waals surface area contributed by atoms with Gasteiger partial charge in [0, 0.05) is 0 Å². The lowest BCUT2D eigenvalue weighted by Crippen LogP contribution is -2.38. The van der Waals surface area contributed by atoms with E-state index >= 15 is 0 Å². The fourth-order valence-corrected chi connectivity index (χ4v) is 16.1. The van der Waals surface area contributed by atoms with E-state index in [4.69, 9.17) is 0 Å². The molecule has 0 heterocycles. The number of hydrogen-bond donors (Lipinski definition) is 0.